The average molecular weight is 732 g/mol. The fraction of sp³-hybridized carbons (Fsp3) is 0.0182. The summed E-state index contributed by atoms with van der Waals surface area (Å²) in [6, 6.07) is 68.0. The number of fused-ring (bicyclic) bond motifs is 10. The van der Waals surface area contributed by atoms with Crippen molar-refractivity contribution in [1.82, 2.24) is 0 Å². The third-order valence-electron chi connectivity index (χ3n) is 11.5. The molecular formula is C55H38N2. The van der Waals surface area contributed by atoms with Gasteiger partial charge in [0.2, 0.25) is 0 Å². The van der Waals surface area contributed by atoms with E-state index in [0.717, 1.165) is 56.0 Å². The van der Waals surface area contributed by atoms with Gasteiger partial charge in [0.25, 0.3) is 0 Å². The lowest BCUT2D eigenvalue weighted by molar-refractivity contribution is 0.793. The van der Waals surface area contributed by atoms with Gasteiger partial charge in [0.15, 0.2) is 0 Å². The standard InChI is InChI=1S/C55H38N2/c1-5-17-39(18-6-1)40-29-31-44(32-30-40)57(43-23-11-4-12-24-43)45-34-36-53-50(37-45)48-26-14-16-28-52(48)55(53)51-27-15-13-25-47(51)49-35-33-46(38-54(49)55)56(41-19-7-2-8-20-41)42-21-9-3-10-22-42/h1-38H/i2D,7D,8D,19D,20D. The molecule has 9 aromatic carbocycles. The molecule has 268 valence electrons. The first-order valence-electron chi connectivity index (χ1n) is 21.8. The van der Waals surface area contributed by atoms with Crippen molar-refractivity contribution in [1.29, 1.82) is 0 Å². The van der Waals surface area contributed by atoms with Gasteiger partial charge in [-0.1, -0.05) is 158 Å². The lowest BCUT2D eigenvalue weighted by atomic mass is 9.70. The summed E-state index contributed by atoms with van der Waals surface area (Å²) in [5, 5.41) is 0. The van der Waals surface area contributed by atoms with Crippen LogP contribution in [0.1, 0.15) is 29.1 Å². The molecule has 0 saturated heterocycles. The number of hydrogen-bond donors (Lipinski definition) is 0. The zero-order valence-electron chi connectivity index (χ0n) is 35.9. The normalized spacial score (nSPS) is 15.6. The monoisotopic (exact) mass is 731 g/mol. The van der Waals surface area contributed by atoms with Crippen LogP contribution in [0.4, 0.5) is 34.1 Å². The maximum Gasteiger partial charge on any atom is 0.0726 e. The topological polar surface area (TPSA) is 6.48 Å². The first kappa shape index (κ1) is 28.1. The third-order valence-corrected chi connectivity index (χ3v) is 11.5. The summed E-state index contributed by atoms with van der Waals surface area (Å²) < 4.78 is 43.8. The molecule has 57 heavy (non-hydrogen) atoms. The highest BCUT2D eigenvalue weighted by atomic mass is 15.1. The molecule has 0 radical (unpaired) electrons. The number of anilines is 6. The SMILES string of the molecule is [2H]c1c([2H])c([2H])c(N(c2ccccc2)c2ccc3c(c2)C2(c4ccccc4-c4cc(N(c5ccccc5)c5ccc(-c6ccccc6)cc5)ccc42)c2ccccc2-3)c([2H])c1[2H]. The van der Waals surface area contributed by atoms with E-state index in [0.29, 0.717) is 11.4 Å². The molecule has 2 nitrogen and oxygen atoms in total. The lowest BCUT2D eigenvalue weighted by Gasteiger charge is -2.32. The molecule has 0 heterocycles. The van der Waals surface area contributed by atoms with Crippen molar-refractivity contribution in [3.05, 3.63) is 253 Å². The molecule has 0 N–H and O–H groups in total. The summed E-state index contributed by atoms with van der Waals surface area (Å²) in [6.45, 7) is 0. The predicted octanol–water partition coefficient (Wildman–Crippen LogP) is 14.6. The summed E-state index contributed by atoms with van der Waals surface area (Å²) >= 11 is 0. The van der Waals surface area contributed by atoms with Crippen LogP contribution in [0.2, 0.25) is 0 Å². The summed E-state index contributed by atoms with van der Waals surface area (Å²) in [5.41, 5.74) is 15.3. The summed E-state index contributed by atoms with van der Waals surface area (Å²) in [5.74, 6) is 0. The molecule has 0 bridgehead atoms. The number of rotatable bonds is 7. The first-order valence-corrected chi connectivity index (χ1v) is 19.3. The molecule has 0 saturated carbocycles. The van der Waals surface area contributed by atoms with Crippen molar-refractivity contribution in [3.8, 4) is 33.4 Å². The van der Waals surface area contributed by atoms with Crippen LogP contribution in [0, 0.1) is 0 Å². The van der Waals surface area contributed by atoms with E-state index in [2.05, 4.69) is 157 Å². The van der Waals surface area contributed by atoms with Gasteiger partial charge in [0.1, 0.15) is 0 Å². The van der Waals surface area contributed by atoms with Crippen molar-refractivity contribution in [2.75, 3.05) is 9.80 Å². The van der Waals surface area contributed by atoms with E-state index in [-0.39, 0.29) is 29.9 Å². The van der Waals surface area contributed by atoms with Crippen LogP contribution in [0.3, 0.4) is 0 Å². The second kappa shape index (κ2) is 13.4. The third kappa shape index (κ3) is 5.18. The number of para-hydroxylation sites is 3. The van der Waals surface area contributed by atoms with Gasteiger partial charge in [-0.25, -0.2) is 0 Å². The van der Waals surface area contributed by atoms with Gasteiger partial charge >= 0.3 is 0 Å². The highest BCUT2D eigenvalue weighted by molar-refractivity contribution is 5.97. The van der Waals surface area contributed by atoms with Crippen molar-refractivity contribution in [2.24, 2.45) is 0 Å². The van der Waals surface area contributed by atoms with Crippen molar-refractivity contribution in [3.63, 3.8) is 0 Å². The van der Waals surface area contributed by atoms with E-state index in [9.17, 15) is 0 Å². The molecule has 9 aromatic rings. The fourth-order valence-electron chi connectivity index (χ4n) is 9.20. The van der Waals surface area contributed by atoms with E-state index in [1.54, 1.807) is 0 Å². The summed E-state index contributed by atoms with van der Waals surface area (Å²) in [4.78, 5) is 4.12. The molecule has 0 aromatic heterocycles. The molecule has 0 amide bonds. The van der Waals surface area contributed by atoms with Crippen LogP contribution >= 0.6 is 0 Å². The second-order valence-electron chi connectivity index (χ2n) is 14.5. The Balaban J connectivity index is 1.13. The molecular weight excluding hydrogens is 689 g/mol. The number of nitrogens with zero attached hydrogens (tertiary/aromatic N) is 2. The largest absolute Gasteiger partial charge is 0.310 e. The maximum absolute atomic E-state index is 9.09. The second-order valence-corrected chi connectivity index (χ2v) is 14.5. The lowest BCUT2D eigenvalue weighted by Crippen LogP contribution is -2.26. The van der Waals surface area contributed by atoms with Gasteiger partial charge in [-0.3, -0.25) is 0 Å². The van der Waals surface area contributed by atoms with Crippen molar-refractivity contribution < 1.29 is 6.85 Å². The van der Waals surface area contributed by atoms with Crippen LogP contribution < -0.4 is 9.80 Å². The zero-order valence-corrected chi connectivity index (χ0v) is 30.9. The molecule has 1 atom stereocenters. The molecule has 11 rings (SSSR count). The Morgan fingerprint density at radius 2 is 0.737 bits per heavy atom. The van der Waals surface area contributed by atoms with Crippen LogP contribution in [0.5, 0.6) is 0 Å². The Morgan fingerprint density at radius 3 is 1.39 bits per heavy atom. The van der Waals surface area contributed by atoms with Crippen LogP contribution in [-0.4, -0.2) is 0 Å². The van der Waals surface area contributed by atoms with Gasteiger partial charge in [-0.15, -0.1) is 0 Å². The molecule has 2 aliphatic carbocycles. The highest BCUT2D eigenvalue weighted by Crippen LogP contribution is 2.64. The van der Waals surface area contributed by atoms with Crippen LogP contribution in [0.15, 0.2) is 230 Å². The quantitative estimate of drug-likeness (QED) is 0.161. The Kier molecular flexibility index (Phi) is 6.60. The van der Waals surface area contributed by atoms with E-state index in [1.807, 2.05) is 53.4 Å². The molecule has 2 aliphatic rings. The molecule has 1 unspecified atom stereocenters. The Labute approximate surface area is 341 Å². The maximum atomic E-state index is 9.09. The minimum Gasteiger partial charge on any atom is -0.310 e. The predicted molar refractivity (Wildman–Crippen MR) is 238 cm³/mol. The smallest absolute Gasteiger partial charge is 0.0726 e. The van der Waals surface area contributed by atoms with Crippen molar-refractivity contribution in [2.45, 2.75) is 5.41 Å². The molecule has 1 spiro atoms. The van der Waals surface area contributed by atoms with Gasteiger partial charge < -0.3 is 9.80 Å². The Morgan fingerprint density at radius 1 is 0.298 bits per heavy atom. The van der Waals surface area contributed by atoms with Gasteiger partial charge in [-0.05, 0) is 128 Å². The first-order chi connectivity index (χ1) is 30.4. The van der Waals surface area contributed by atoms with Gasteiger partial charge in [-0.2, -0.15) is 0 Å². The van der Waals surface area contributed by atoms with Crippen molar-refractivity contribution >= 4 is 34.1 Å². The number of benzene rings is 9. The minimum absolute atomic E-state index is 0.0985. The highest BCUT2D eigenvalue weighted by Gasteiger charge is 2.52. The van der Waals surface area contributed by atoms with E-state index >= 15 is 0 Å². The zero-order chi connectivity index (χ0) is 42.1. The van der Waals surface area contributed by atoms with Gasteiger partial charge in [0.05, 0.1) is 12.3 Å². The fourth-order valence-corrected chi connectivity index (χ4v) is 9.20. The molecule has 0 aliphatic heterocycles. The average Bonchev–Trinajstić information content (AvgIpc) is 3.79. The van der Waals surface area contributed by atoms with Gasteiger partial charge in [0, 0.05) is 34.1 Å². The van der Waals surface area contributed by atoms with Crippen LogP contribution in [0.25, 0.3) is 33.4 Å². The Bertz CT molecular complexity index is 3160. The van der Waals surface area contributed by atoms with E-state index in [1.165, 1.54) is 16.7 Å². The Hall–Kier alpha value is -7.42. The molecule has 0 fully saturated rings. The van der Waals surface area contributed by atoms with E-state index in [4.69, 9.17) is 6.85 Å². The van der Waals surface area contributed by atoms with Crippen LogP contribution in [-0.2, 0) is 5.41 Å². The molecule has 2 heteroatoms. The minimum atomic E-state index is -0.705. The number of hydrogen-bond acceptors (Lipinski definition) is 2. The summed E-state index contributed by atoms with van der Waals surface area (Å²) in [6.07, 6.45) is 0. The summed E-state index contributed by atoms with van der Waals surface area (Å²) in [7, 11) is 0. The van der Waals surface area contributed by atoms with E-state index < -0.39 is 11.5 Å².